The molecule has 0 unspecified atom stereocenters. The maximum atomic E-state index is 13.0. The van der Waals surface area contributed by atoms with E-state index in [0.717, 1.165) is 18.2 Å². The van der Waals surface area contributed by atoms with Crippen LogP contribution in [-0.4, -0.2) is 29.4 Å². The number of benzene rings is 2. The van der Waals surface area contributed by atoms with E-state index >= 15 is 0 Å². The lowest BCUT2D eigenvalue weighted by Crippen LogP contribution is -2.54. The number of halogens is 2. The number of urea groups is 1. The summed E-state index contributed by atoms with van der Waals surface area (Å²) in [6.45, 7) is -0.134. The van der Waals surface area contributed by atoms with E-state index in [1.807, 2.05) is 5.32 Å². The van der Waals surface area contributed by atoms with Gasteiger partial charge in [-0.1, -0.05) is 29.1 Å². The second-order valence-corrected chi connectivity index (χ2v) is 6.87. The first kappa shape index (κ1) is 21.8. The lowest BCUT2D eigenvalue weighted by atomic mass is 10.1. The van der Waals surface area contributed by atoms with Crippen LogP contribution in [-0.2, 0) is 9.59 Å². The average Bonchev–Trinajstić information content (AvgIpc) is 2.70. The molecule has 9 nitrogen and oxygen atoms in total. The molecule has 11 heteroatoms. The third-order valence-corrected chi connectivity index (χ3v) is 4.56. The van der Waals surface area contributed by atoms with Gasteiger partial charge in [0, 0.05) is 22.7 Å². The number of ether oxygens (including phenoxy) is 1. The maximum absolute atomic E-state index is 13.0. The Hall–Kier alpha value is -3.87. The minimum Gasteiger partial charge on any atom is -0.479 e. The van der Waals surface area contributed by atoms with Gasteiger partial charge in [0.05, 0.1) is 15.6 Å². The zero-order chi connectivity index (χ0) is 22.7. The Bertz CT molecular complexity index is 1180. The van der Waals surface area contributed by atoms with E-state index in [1.165, 1.54) is 24.3 Å². The number of non-ortho nitro benzene ring substituents is 1. The molecule has 2 aromatic carbocycles. The van der Waals surface area contributed by atoms with Crippen LogP contribution in [0.1, 0.15) is 5.56 Å². The molecule has 1 aliphatic rings. The highest BCUT2D eigenvalue weighted by Gasteiger charge is 2.37. The summed E-state index contributed by atoms with van der Waals surface area (Å²) in [4.78, 5) is 48.5. The third kappa shape index (κ3) is 4.50. The molecule has 31 heavy (non-hydrogen) atoms. The van der Waals surface area contributed by atoms with Crippen LogP contribution < -0.4 is 15.0 Å². The van der Waals surface area contributed by atoms with Gasteiger partial charge in [0.25, 0.3) is 17.5 Å². The van der Waals surface area contributed by atoms with Gasteiger partial charge in [0.2, 0.25) is 0 Å². The SMILES string of the molecule is C#CCOc1c(Cl)cc(Cl)cc1/C=C1\C(=O)NC(=O)N(c2ccc([N+](=O)[O-])cc2)C1=O. The topological polar surface area (TPSA) is 119 Å². The summed E-state index contributed by atoms with van der Waals surface area (Å²) in [7, 11) is 0. The van der Waals surface area contributed by atoms with Crippen LogP contribution in [0.2, 0.25) is 10.0 Å². The number of hydrogen-bond acceptors (Lipinski definition) is 6. The lowest BCUT2D eigenvalue weighted by Gasteiger charge is -2.26. The molecule has 0 radical (unpaired) electrons. The fraction of sp³-hybridized carbons (Fsp3) is 0.0500. The van der Waals surface area contributed by atoms with E-state index in [4.69, 9.17) is 34.4 Å². The minimum absolute atomic E-state index is 0.0273. The zero-order valence-electron chi connectivity index (χ0n) is 15.4. The van der Waals surface area contributed by atoms with Crippen LogP contribution in [0.15, 0.2) is 42.0 Å². The number of imide groups is 2. The molecule has 0 spiro atoms. The molecule has 0 atom stereocenters. The van der Waals surface area contributed by atoms with Gasteiger partial charge < -0.3 is 4.74 Å². The first-order valence-corrected chi connectivity index (χ1v) is 9.19. The Morgan fingerprint density at radius 2 is 1.87 bits per heavy atom. The Balaban J connectivity index is 2.05. The molecule has 1 N–H and O–H groups in total. The number of nitro groups is 1. The van der Waals surface area contributed by atoms with Crippen molar-refractivity contribution in [3.05, 3.63) is 67.7 Å². The summed E-state index contributed by atoms with van der Waals surface area (Å²) in [5.41, 5.74) is -0.435. The van der Waals surface area contributed by atoms with E-state index in [0.29, 0.717) is 4.90 Å². The Kier molecular flexibility index (Phi) is 6.25. The van der Waals surface area contributed by atoms with E-state index in [1.54, 1.807) is 0 Å². The van der Waals surface area contributed by atoms with Gasteiger partial charge in [-0.25, -0.2) is 9.69 Å². The molecule has 3 rings (SSSR count). The number of carbonyl (C=O) groups is 3. The van der Waals surface area contributed by atoms with Crippen molar-refractivity contribution in [3.63, 3.8) is 0 Å². The Morgan fingerprint density at radius 3 is 2.48 bits per heavy atom. The molecule has 1 heterocycles. The van der Waals surface area contributed by atoms with Crippen molar-refractivity contribution in [3.8, 4) is 18.1 Å². The molecule has 0 bridgehead atoms. The van der Waals surface area contributed by atoms with Gasteiger partial charge in [0.15, 0.2) is 0 Å². The predicted molar refractivity (Wildman–Crippen MR) is 113 cm³/mol. The fourth-order valence-electron chi connectivity index (χ4n) is 2.72. The highest BCUT2D eigenvalue weighted by Crippen LogP contribution is 2.34. The molecular weight excluding hydrogens is 449 g/mol. The third-order valence-electron chi connectivity index (χ3n) is 4.06. The van der Waals surface area contributed by atoms with E-state index in [9.17, 15) is 24.5 Å². The molecule has 0 saturated carbocycles. The van der Waals surface area contributed by atoms with Crippen molar-refractivity contribution in [2.45, 2.75) is 0 Å². The summed E-state index contributed by atoms with van der Waals surface area (Å²) in [6, 6.07) is 6.46. The molecular formula is C20H11Cl2N3O6. The standard InChI is InChI=1S/C20H11Cl2N3O6/c1-2-7-31-17-11(8-12(21)10-16(17)22)9-15-18(26)23-20(28)24(19(15)27)13-3-5-14(6-4-13)25(29)30/h1,3-6,8-10H,7H2,(H,23,26,28)/b15-9+. The molecule has 2 aromatic rings. The second kappa shape index (κ2) is 8.87. The smallest absolute Gasteiger partial charge is 0.335 e. The molecule has 1 fully saturated rings. The number of amides is 4. The van der Waals surface area contributed by atoms with Gasteiger partial charge >= 0.3 is 6.03 Å². The molecule has 0 aromatic heterocycles. The van der Waals surface area contributed by atoms with Crippen molar-refractivity contribution in [2.75, 3.05) is 11.5 Å². The van der Waals surface area contributed by atoms with E-state index < -0.39 is 28.3 Å². The van der Waals surface area contributed by atoms with Crippen molar-refractivity contribution >= 4 is 58.5 Å². The van der Waals surface area contributed by atoms with Crippen molar-refractivity contribution in [2.24, 2.45) is 0 Å². The summed E-state index contributed by atoms with van der Waals surface area (Å²) >= 11 is 12.2. The molecule has 156 valence electrons. The minimum atomic E-state index is -1.01. The van der Waals surface area contributed by atoms with Gasteiger partial charge in [-0.2, -0.15) is 0 Å². The highest BCUT2D eigenvalue weighted by atomic mass is 35.5. The van der Waals surface area contributed by atoms with E-state index in [2.05, 4.69) is 5.92 Å². The second-order valence-electron chi connectivity index (χ2n) is 6.03. The van der Waals surface area contributed by atoms with Crippen molar-refractivity contribution in [1.82, 2.24) is 5.32 Å². The first-order valence-electron chi connectivity index (χ1n) is 8.44. The maximum Gasteiger partial charge on any atom is 0.335 e. The van der Waals surface area contributed by atoms with Gasteiger partial charge in [-0.3, -0.25) is 25.0 Å². The largest absolute Gasteiger partial charge is 0.479 e. The summed E-state index contributed by atoms with van der Waals surface area (Å²) in [6.07, 6.45) is 6.36. The number of nitro benzene ring substituents is 1. The quantitative estimate of drug-likeness (QED) is 0.240. The number of hydrogen-bond donors (Lipinski definition) is 1. The number of rotatable bonds is 5. The Morgan fingerprint density at radius 1 is 1.19 bits per heavy atom. The van der Waals surface area contributed by atoms with Crippen LogP contribution >= 0.6 is 23.2 Å². The fourth-order valence-corrected chi connectivity index (χ4v) is 3.29. The highest BCUT2D eigenvalue weighted by molar-refractivity contribution is 6.40. The van der Waals surface area contributed by atoms with E-state index in [-0.39, 0.29) is 39.3 Å². The van der Waals surface area contributed by atoms with Crippen molar-refractivity contribution < 1.29 is 24.0 Å². The molecule has 0 aliphatic carbocycles. The predicted octanol–water partition coefficient (Wildman–Crippen LogP) is 3.58. The lowest BCUT2D eigenvalue weighted by molar-refractivity contribution is -0.384. The summed E-state index contributed by atoms with van der Waals surface area (Å²) < 4.78 is 5.39. The van der Waals surface area contributed by atoms with Gasteiger partial charge in [0.1, 0.15) is 17.9 Å². The number of anilines is 1. The van der Waals surface area contributed by atoms with Gasteiger partial charge in [-0.15, -0.1) is 6.42 Å². The van der Waals surface area contributed by atoms with Crippen LogP contribution in [0.5, 0.6) is 5.75 Å². The number of terminal acetylenes is 1. The van der Waals surface area contributed by atoms with Crippen LogP contribution in [0.3, 0.4) is 0 Å². The van der Waals surface area contributed by atoms with Gasteiger partial charge in [-0.05, 0) is 30.3 Å². The average molecular weight is 460 g/mol. The zero-order valence-corrected chi connectivity index (χ0v) is 16.9. The van der Waals surface area contributed by atoms with Crippen LogP contribution in [0, 0.1) is 22.5 Å². The number of carbonyl (C=O) groups excluding carboxylic acids is 3. The number of nitrogens with zero attached hydrogens (tertiary/aromatic N) is 2. The van der Waals surface area contributed by atoms with Crippen LogP contribution in [0.25, 0.3) is 6.08 Å². The van der Waals surface area contributed by atoms with Crippen molar-refractivity contribution in [1.29, 1.82) is 0 Å². The monoisotopic (exact) mass is 459 g/mol. The number of barbiturate groups is 1. The molecule has 1 saturated heterocycles. The van der Waals surface area contributed by atoms with Crippen LogP contribution in [0.4, 0.5) is 16.2 Å². The molecule has 4 amide bonds. The Labute approximate surface area is 185 Å². The first-order chi connectivity index (χ1) is 14.7. The summed E-state index contributed by atoms with van der Waals surface area (Å²) in [5.74, 6) is 0.457. The molecule has 1 aliphatic heterocycles. The normalized spacial score (nSPS) is 14.9. The summed E-state index contributed by atoms with van der Waals surface area (Å²) in [5, 5.41) is 13.2. The number of nitrogens with one attached hydrogen (secondary N) is 1.